The Morgan fingerprint density at radius 3 is 2.95 bits per heavy atom. The number of fused-ring (bicyclic) bond motifs is 1. The topological polar surface area (TPSA) is 36.1 Å². The van der Waals surface area contributed by atoms with Crippen molar-refractivity contribution in [1.82, 2.24) is 9.88 Å². The minimum absolute atomic E-state index is 0.0171. The summed E-state index contributed by atoms with van der Waals surface area (Å²) in [6, 6.07) is 8.30. The van der Waals surface area contributed by atoms with Gasteiger partial charge in [-0.05, 0) is 25.0 Å². The molecule has 1 saturated heterocycles. The van der Waals surface area contributed by atoms with Gasteiger partial charge < -0.3 is 9.88 Å². The maximum Gasteiger partial charge on any atom is 0.224 e. The molecule has 0 saturated carbocycles. The number of nitrogens with one attached hydrogen (secondary N) is 1. The summed E-state index contributed by atoms with van der Waals surface area (Å²) in [6.45, 7) is 3.53. The molecule has 2 heterocycles. The number of para-hydroxylation sites is 1. The molecule has 1 unspecified atom stereocenters. The van der Waals surface area contributed by atoms with Crippen LogP contribution in [0.15, 0.2) is 24.3 Å². The van der Waals surface area contributed by atoms with Crippen molar-refractivity contribution in [3.8, 4) is 0 Å². The van der Waals surface area contributed by atoms with Gasteiger partial charge in [-0.1, -0.05) is 18.2 Å². The number of benzene rings is 1. The van der Waals surface area contributed by atoms with Crippen LogP contribution in [-0.4, -0.2) is 34.3 Å². The van der Waals surface area contributed by atoms with Crippen molar-refractivity contribution in [2.75, 3.05) is 13.1 Å². The highest BCUT2D eigenvalue weighted by atomic mass is 35.5. The lowest BCUT2D eigenvalue weighted by Crippen LogP contribution is -2.27. The Labute approximate surface area is 117 Å². The van der Waals surface area contributed by atoms with Gasteiger partial charge in [-0.2, -0.15) is 0 Å². The third-order valence-electron chi connectivity index (χ3n) is 3.83. The molecule has 0 spiro atoms. The van der Waals surface area contributed by atoms with Gasteiger partial charge in [-0.3, -0.25) is 4.79 Å². The summed E-state index contributed by atoms with van der Waals surface area (Å²) >= 11 is 6.02. The first-order valence-electron chi connectivity index (χ1n) is 6.63. The number of alkyl halides is 1. The molecule has 1 aliphatic heterocycles. The van der Waals surface area contributed by atoms with E-state index in [1.807, 2.05) is 11.0 Å². The first kappa shape index (κ1) is 12.5. The zero-order valence-corrected chi connectivity index (χ0v) is 11.7. The van der Waals surface area contributed by atoms with Gasteiger partial charge in [0.05, 0.1) is 5.38 Å². The van der Waals surface area contributed by atoms with Crippen molar-refractivity contribution in [2.24, 2.45) is 0 Å². The average Bonchev–Trinajstić information content (AvgIpc) is 2.86. The summed E-state index contributed by atoms with van der Waals surface area (Å²) in [6.07, 6.45) is 1.36. The van der Waals surface area contributed by atoms with Gasteiger partial charge >= 0.3 is 0 Å². The maximum atomic E-state index is 11.7. The molecule has 4 heteroatoms. The van der Waals surface area contributed by atoms with E-state index in [1.54, 1.807) is 0 Å². The minimum atomic E-state index is -0.0171. The van der Waals surface area contributed by atoms with E-state index in [4.69, 9.17) is 11.6 Å². The summed E-state index contributed by atoms with van der Waals surface area (Å²) in [7, 11) is 0. The number of hydrogen-bond acceptors (Lipinski definition) is 1. The van der Waals surface area contributed by atoms with E-state index in [1.165, 1.54) is 16.6 Å². The Balaban J connectivity index is 1.78. The van der Waals surface area contributed by atoms with E-state index in [2.05, 4.69) is 30.1 Å². The van der Waals surface area contributed by atoms with Crippen LogP contribution in [0.5, 0.6) is 0 Å². The quantitative estimate of drug-likeness (QED) is 0.860. The summed E-state index contributed by atoms with van der Waals surface area (Å²) in [5.74, 6) is 0.178. The molecule has 0 bridgehead atoms. The standard InChI is InChI=1S/C15H17ClN2O/c1-10-12(13-4-2-3-5-14(13)17-10)6-7-18-9-11(16)8-15(18)19/h2-5,11,17H,6-9H2,1H3. The number of H-pyrrole nitrogens is 1. The number of aryl methyl sites for hydroxylation is 1. The molecule has 1 amide bonds. The highest BCUT2D eigenvalue weighted by Gasteiger charge is 2.27. The number of aromatic amines is 1. The van der Waals surface area contributed by atoms with Crippen LogP contribution >= 0.6 is 11.6 Å². The van der Waals surface area contributed by atoms with Gasteiger partial charge in [0.2, 0.25) is 5.91 Å². The number of halogens is 1. The molecule has 0 radical (unpaired) electrons. The van der Waals surface area contributed by atoms with Crippen LogP contribution in [0.25, 0.3) is 10.9 Å². The van der Waals surface area contributed by atoms with Crippen molar-refractivity contribution < 1.29 is 4.79 Å². The van der Waals surface area contributed by atoms with E-state index < -0.39 is 0 Å². The Morgan fingerprint density at radius 2 is 2.21 bits per heavy atom. The largest absolute Gasteiger partial charge is 0.358 e. The van der Waals surface area contributed by atoms with Crippen molar-refractivity contribution >= 4 is 28.4 Å². The first-order chi connectivity index (χ1) is 9.15. The van der Waals surface area contributed by atoms with Crippen molar-refractivity contribution in [2.45, 2.75) is 25.1 Å². The van der Waals surface area contributed by atoms with E-state index in [-0.39, 0.29) is 11.3 Å². The third-order valence-corrected chi connectivity index (χ3v) is 4.12. The second-order valence-electron chi connectivity index (χ2n) is 5.17. The fourth-order valence-electron chi connectivity index (χ4n) is 2.84. The average molecular weight is 277 g/mol. The summed E-state index contributed by atoms with van der Waals surface area (Å²) in [5, 5.41) is 1.24. The number of hydrogen-bond donors (Lipinski definition) is 1. The molecule has 3 rings (SSSR count). The molecule has 1 aromatic heterocycles. The molecule has 1 fully saturated rings. The molecular weight excluding hydrogens is 260 g/mol. The first-order valence-corrected chi connectivity index (χ1v) is 7.07. The normalized spacial score (nSPS) is 19.6. The lowest BCUT2D eigenvalue weighted by molar-refractivity contribution is -0.127. The van der Waals surface area contributed by atoms with Crippen LogP contribution in [0.1, 0.15) is 17.7 Å². The van der Waals surface area contributed by atoms with Gasteiger partial charge in [-0.25, -0.2) is 0 Å². The fourth-order valence-corrected chi connectivity index (χ4v) is 3.14. The predicted molar refractivity (Wildman–Crippen MR) is 77.6 cm³/mol. The molecule has 1 aromatic carbocycles. The molecular formula is C15H17ClN2O. The Morgan fingerprint density at radius 1 is 1.42 bits per heavy atom. The van der Waals surface area contributed by atoms with Crippen LogP contribution in [0.4, 0.5) is 0 Å². The minimum Gasteiger partial charge on any atom is -0.358 e. The molecule has 100 valence electrons. The molecule has 1 N–H and O–H groups in total. The van der Waals surface area contributed by atoms with E-state index >= 15 is 0 Å². The van der Waals surface area contributed by atoms with Gasteiger partial charge in [0, 0.05) is 36.1 Å². The number of carbonyl (C=O) groups excluding carboxylic acids is 1. The highest BCUT2D eigenvalue weighted by molar-refractivity contribution is 6.22. The number of likely N-dealkylation sites (tertiary alicyclic amines) is 1. The van der Waals surface area contributed by atoms with Gasteiger partial charge in [0.25, 0.3) is 0 Å². The summed E-state index contributed by atoms with van der Waals surface area (Å²) in [5.41, 5.74) is 3.66. The molecule has 19 heavy (non-hydrogen) atoms. The Hall–Kier alpha value is -1.48. The van der Waals surface area contributed by atoms with Gasteiger partial charge in [0.15, 0.2) is 0 Å². The fraction of sp³-hybridized carbons (Fsp3) is 0.400. The number of aromatic nitrogens is 1. The second-order valence-corrected chi connectivity index (χ2v) is 5.78. The van der Waals surface area contributed by atoms with Crippen molar-refractivity contribution in [3.63, 3.8) is 0 Å². The van der Waals surface area contributed by atoms with Gasteiger partial charge in [-0.15, -0.1) is 11.6 Å². The van der Waals surface area contributed by atoms with Crippen LogP contribution in [-0.2, 0) is 11.2 Å². The predicted octanol–water partition coefficient (Wildman–Crippen LogP) is 2.86. The zero-order chi connectivity index (χ0) is 13.4. The molecule has 1 aliphatic rings. The molecule has 0 aliphatic carbocycles. The van der Waals surface area contributed by atoms with Crippen molar-refractivity contribution in [1.29, 1.82) is 0 Å². The number of amides is 1. The Bertz CT molecular complexity index is 620. The number of rotatable bonds is 3. The van der Waals surface area contributed by atoms with E-state index in [0.717, 1.165) is 18.5 Å². The number of carbonyl (C=O) groups is 1. The third kappa shape index (κ3) is 2.35. The number of nitrogens with zero attached hydrogens (tertiary/aromatic N) is 1. The Kier molecular flexibility index (Phi) is 3.23. The lowest BCUT2D eigenvalue weighted by Gasteiger charge is -2.15. The smallest absolute Gasteiger partial charge is 0.224 e. The zero-order valence-electron chi connectivity index (χ0n) is 10.9. The molecule has 2 aromatic rings. The van der Waals surface area contributed by atoms with Crippen LogP contribution in [0, 0.1) is 6.92 Å². The molecule has 1 atom stereocenters. The highest BCUT2D eigenvalue weighted by Crippen LogP contribution is 2.23. The molecule has 3 nitrogen and oxygen atoms in total. The van der Waals surface area contributed by atoms with Crippen LogP contribution in [0.2, 0.25) is 0 Å². The van der Waals surface area contributed by atoms with E-state index in [9.17, 15) is 4.79 Å². The monoisotopic (exact) mass is 276 g/mol. The van der Waals surface area contributed by atoms with E-state index in [0.29, 0.717) is 13.0 Å². The summed E-state index contributed by atoms with van der Waals surface area (Å²) < 4.78 is 0. The van der Waals surface area contributed by atoms with Crippen molar-refractivity contribution in [3.05, 3.63) is 35.5 Å². The van der Waals surface area contributed by atoms with Crippen LogP contribution < -0.4 is 0 Å². The second kappa shape index (κ2) is 4.89. The maximum absolute atomic E-state index is 11.7. The SMILES string of the molecule is Cc1[nH]c2ccccc2c1CCN1CC(Cl)CC1=O. The lowest BCUT2D eigenvalue weighted by atomic mass is 10.1. The summed E-state index contributed by atoms with van der Waals surface area (Å²) in [4.78, 5) is 17.0. The van der Waals surface area contributed by atoms with Crippen LogP contribution in [0.3, 0.4) is 0 Å². The van der Waals surface area contributed by atoms with Gasteiger partial charge in [0.1, 0.15) is 0 Å².